The Morgan fingerprint density at radius 1 is 0.952 bits per heavy atom. The van der Waals surface area contributed by atoms with Crippen LogP contribution in [0.15, 0.2) is 47.3 Å². The highest BCUT2D eigenvalue weighted by atomic mass is 35.5. The minimum Gasteiger partial charge on any atom is -0.292 e. The molecular weight excluding hydrogens is 307 g/mol. The van der Waals surface area contributed by atoms with E-state index in [1.807, 2.05) is 37.3 Å². The molecule has 0 aliphatic heterocycles. The molecule has 0 saturated heterocycles. The van der Waals surface area contributed by atoms with Crippen LogP contribution in [0.3, 0.4) is 0 Å². The number of aryl methyl sites for hydroxylation is 1. The second-order valence-electron chi connectivity index (χ2n) is 4.85. The van der Waals surface area contributed by atoms with Gasteiger partial charge in [0.1, 0.15) is 0 Å². The number of aromatic nitrogens is 2. The van der Waals surface area contributed by atoms with Gasteiger partial charge in [-0.15, -0.1) is 0 Å². The lowest BCUT2D eigenvalue weighted by Gasteiger charge is -2.05. The zero-order valence-electron chi connectivity index (χ0n) is 11.5. The number of hydrogen-bond donors (Lipinski definition) is 0. The first-order chi connectivity index (χ1) is 10.1. The van der Waals surface area contributed by atoms with Crippen molar-refractivity contribution in [2.45, 2.75) is 20.0 Å². The summed E-state index contributed by atoms with van der Waals surface area (Å²) in [5.74, 6) is 0. The maximum atomic E-state index is 12.5. The second-order valence-corrected chi connectivity index (χ2v) is 5.66. The molecule has 3 rings (SSSR count). The average Bonchev–Trinajstić information content (AvgIpc) is 2.75. The topological polar surface area (TPSA) is 26.9 Å². The number of halogens is 2. The third-order valence-corrected chi connectivity index (χ3v) is 4.31. The molecule has 0 saturated carbocycles. The Morgan fingerprint density at radius 2 is 1.62 bits per heavy atom. The van der Waals surface area contributed by atoms with Gasteiger partial charge in [0.05, 0.1) is 27.6 Å². The van der Waals surface area contributed by atoms with Crippen molar-refractivity contribution < 1.29 is 0 Å². The lowest BCUT2D eigenvalue weighted by Crippen LogP contribution is -2.24. The molecule has 0 atom stereocenters. The SMILES string of the molecule is CCn1c(=O)n(Cc2ccc(Cl)c(Cl)c2)c2ccccc21. The van der Waals surface area contributed by atoms with E-state index in [0.29, 0.717) is 23.1 Å². The molecule has 0 bridgehead atoms. The van der Waals surface area contributed by atoms with Crippen molar-refractivity contribution in [3.63, 3.8) is 0 Å². The number of nitrogens with zero attached hydrogens (tertiary/aromatic N) is 2. The normalized spacial score (nSPS) is 11.2. The molecule has 0 amide bonds. The molecule has 0 spiro atoms. The molecule has 0 radical (unpaired) electrons. The summed E-state index contributed by atoms with van der Waals surface area (Å²) in [6.07, 6.45) is 0. The van der Waals surface area contributed by atoms with Crippen molar-refractivity contribution in [2.24, 2.45) is 0 Å². The predicted octanol–water partition coefficient (Wildman–Crippen LogP) is 4.18. The molecule has 108 valence electrons. The molecule has 0 fully saturated rings. The fourth-order valence-electron chi connectivity index (χ4n) is 2.55. The number of rotatable bonds is 3. The van der Waals surface area contributed by atoms with Crippen LogP contribution in [-0.4, -0.2) is 9.13 Å². The summed E-state index contributed by atoms with van der Waals surface area (Å²) in [6.45, 7) is 3.09. The van der Waals surface area contributed by atoms with E-state index < -0.39 is 0 Å². The van der Waals surface area contributed by atoms with Crippen molar-refractivity contribution >= 4 is 34.2 Å². The molecule has 0 unspecified atom stereocenters. The molecule has 0 aliphatic carbocycles. The highest BCUT2D eigenvalue weighted by Crippen LogP contribution is 2.23. The monoisotopic (exact) mass is 320 g/mol. The van der Waals surface area contributed by atoms with Gasteiger partial charge in [-0.25, -0.2) is 4.79 Å². The standard InChI is InChI=1S/C16H14Cl2N2O/c1-2-19-14-5-3-4-6-15(14)20(16(19)21)10-11-7-8-12(17)13(18)9-11/h3-9H,2,10H2,1H3. The van der Waals surface area contributed by atoms with Crippen LogP contribution in [0, 0.1) is 0 Å². The Bertz CT molecular complexity index is 864. The van der Waals surface area contributed by atoms with E-state index in [1.165, 1.54) is 0 Å². The first-order valence-corrected chi connectivity index (χ1v) is 7.49. The summed E-state index contributed by atoms with van der Waals surface area (Å²) in [5, 5.41) is 1.02. The molecule has 3 nitrogen and oxygen atoms in total. The number of hydrogen-bond acceptors (Lipinski definition) is 1. The van der Waals surface area contributed by atoms with Crippen LogP contribution in [0.2, 0.25) is 10.0 Å². The van der Waals surface area contributed by atoms with Gasteiger partial charge < -0.3 is 0 Å². The maximum absolute atomic E-state index is 12.5. The summed E-state index contributed by atoms with van der Waals surface area (Å²) in [4.78, 5) is 12.5. The van der Waals surface area contributed by atoms with Crippen LogP contribution < -0.4 is 5.69 Å². The number of benzene rings is 2. The first-order valence-electron chi connectivity index (χ1n) is 6.74. The Balaban J connectivity index is 2.14. The van der Waals surface area contributed by atoms with E-state index >= 15 is 0 Å². The fraction of sp³-hybridized carbons (Fsp3) is 0.188. The summed E-state index contributed by atoms with van der Waals surface area (Å²) in [5.41, 5.74) is 2.82. The Kier molecular flexibility index (Phi) is 3.79. The molecule has 1 heterocycles. The molecule has 0 N–H and O–H groups in total. The van der Waals surface area contributed by atoms with Gasteiger partial charge in [0, 0.05) is 6.54 Å². The minimum absolute atomic E-state index is 0.00947. The summed E-state index contributed by atoms with van der Waals surface area (Å²) in [6, 6.07) is 13.2. The van der Waals surface area contributed by atoms with Gasteiger partial charge in [-0.3, -0.25) is 9.13 Å². The first kappa shape index (κ1) is 14.2. The van der Waals surface area contributed by atoms with Crippen molar-refractivity contribution in [1.29, 1.82) is 0 Å². The van der Waals surface area contributed by atoms with E-state index in [-0.39, 0.29) is 5.69 Å². The lowest BCUT2D eigenvalue weighted by molar-refractivity contribution is 0.684. The summed E-state index contributed by atoms with van der Waals surface area (Å²) < 4.78 is 3.53. The van der Waals surface area contributed by atoms with Gasteiger partial charge >= 0.3 is 5.69 Å². The lowest BCUT2D eigenvalue weighted by atomic mass is 10.2. The molecule has 1 aromatic heterocycles. The molecule has 21 heavy (non-hydrogen) atoms. The quantitative estimate of drug-likeness (QED) is 0.711. The van der Waals surface area contributed by atoms with Crippen LogP contribution in [0.5, 0.6) is 0 Å². The Hall–Kier alpha value is -1.71. The van der Waals surface area contributed by atoms with Crippen LogP contribution in [-0.2, 0) is 13.1 Å². The molecule has 0 aliphatic rings. The number of para-hydroxylation sites is 2. The Morgan fingerprint density at radius 3 is 2.24 bits per heavy atom. The number of imidazole rings is 1. The van der Waals surface area contributed by atoms with E-state index in [1.54, 1.807) is 21.3 Å². The average molecular weight is 321 g/mol. The fourth-order valence-corrected chi connectivity index (χ4v) is 2.87. The molecular formula is C16H14Cl2N2O. The van der Waals surface area contributed by atoms with Gasteiger partial charge in [0.25, 0.3) is 0 Å². The second kappa shape index (κ2) is 5.58. The van der Waals surface area contributed by atoms with Crippen LogP contribution in [0.25, 0.3) is 11.0 Å². The smallest absolute Gasteiger partial charge is 0.292 e. The van der Waals surface area contributed by atoms with Gasteiger partial charge in [0.2, 0.25) is 0 Å². The highest BCUT2D eigenvalue weighted by Gasteiger charge is 2.12. The predicted molar refractivity (Wildman–Crippen MR) is 87.4 cm³/mol. The minimum atomic E-state index is -0.00947. The van der Waals surface area contributed by atoms with Gasteiger partial charge in [-0.2, -0.15) is 0 Å². The third kappa shape index (κ3) is 2.47. The van der Waals surface area contributed by atoms with E-state index in [9.17, 15) is 4.79 Å². The van der Waals surface area contributed by atoms with Crippen molar-refractivity contribution in [3.05, 3.63) is 68.6 Å². The molecule has 5 heteroatoms. The van der Waals surface area contributed by atoms with Crippen molar-refractivity contribution in [3.8, 4) is 0 Å². The maximum Gasteiger partial charge on any atom is 0.329 e. The third-order valence-electron chi connectivity index (χ3n) is 3.57. The number of fused-ring (bicyclic) bond motifs is 1. The van der Waals surface area contributed by atoms with Crippen molar-refractivity contribution in [2.75, 3.05) is 0 Å². The summed E-state index contributed by atoms with van der Waals surface area (Å²) in [7, 11) is 0. The zero-order valence-corrected chi connectivity index (χ0v) is 13.0. The zero-order chi connectivity index (χ0) is 15.0. The summed E-state index contributed by atoms with van der Waals surface area (Å²) >= 11 is 12.0. The molecule has 2 aromatic carbocycles. The Labute approximate surface area is 132 Å². The molecule has 3 aromatic rings. The van der Waals surface area contributed by atoms with Crippen LogP contribution in [0.1, 0.15) is 12.5 Å². The van der Waals surface area contributed by atoms with E-state index in [4.69, 9.17) is 23.2 Å². The van der Waals surface area contributed by atoms with Crippen LogP contribution in [0.4, 0.5) is 0 Å². The van der Waals surface area contributed by atoms with Crippen LogP contribution >= 0.6 is 23.2 Å². The van der Waals surface area contributed by atoms with E-state index in [2.05, 4.69) is 0 Å². The van der Waals surface area contributed by atoms with Gasteiger partial charge in [-0.1, -0.05) is 41.4 Å². The van der Waals surface area contributed by atoms with E-state index in [0.717, 1.165) is 16.6 Å². The van der Waals surface area contributed by atoms with Gasteiger partial charge in [0.15, 0.2) is 0 Å². The largest absolute Gasteiger partial charge is 0.329 e. The highest BCUT2D eigenvalue weighted by molar-refractivity contribution is 6.42. The van der Waals surface area contributed by atoms with Crippen molar-refractivity contribution in [1.82, 2.24) is 9.13 Å². The van der Waals surface area contributed by atoms with Gasteiger partial charge in [-0.05, 0) is 36.8 Å².